The number of benzene rings is 3. The number of imide groups is 1. The van der Waals surface area contributed by atoms with Crippen LogP contribution in [0.2, 0.25) is 0 Å². The van der Waals surface area contributed by atoms with E-state index in [-0.39, 0.29) is 134 Å². The largest absolute Gasteiger partial charge is 0.493 e. The van der Waals surface area contributed by atoms with E-state index in [2.05, 4.69) is 28.8 Å². The number of rotatable bonds is 31. The number of aliphatic hydroxyl groups excluding tert-OH is 1. The first kappa shape index (κ1) is 66.7. The van der Waals surface area contributed by atoms with Gasteiger partial charge in [-0.2, -0.15) is 11.8 Å². The summed E-state index contributed by atoms with van der Waals surface area (Å²) in [5, 5.41) is 17.0. The Morgan fingerprint density at radius 1 is 0.787 bits per heavy atom. The number of ketones is 2. The van der Waals surface area contributed by atoms with Crippen molar-refractivity contribution in [2.45, 2.75) is 140 Å². The molecule has 0 spiro atoms. The molecule has 0 saturated carbocycles. The zero-order chi connectivity index (χ0) is 64.1. The Bertz CT molecular complexity index is 3220. The summed E-state index contributed by atoms with van der Waals surface area (Å²) < 4.78 is 29.5. The normalized spacial score (nSPS) is 19.3. The van der Waals surface area contributed by atoms with Crippen LogP contribution in [-0.2, 0) is 41.7 Å². The molecule has 5 aliphatic heterocycles. The van der Waals surface area contributed by atoms with Crippen molar-refractivity contribution in [3.05, 3.63) is 95.1 Å². The number of hydrogen-bond acceptors (Lipinski definition) is 17. The summed E-state index contributed by atoms with van der Waals surface area (Å²) in [6.07, 6.45) is 6.40. The Morgan fingerprint density at radius 3 is 2.09 bits per heavy atom. The number of ether oxygens (including phenoxy) is 5. The minimum absolute atomic E-state index is 0.0340. The smallest absolute Gasteiger partial charge is 0.416 e. The van der Waals surface area contributed by atoms with Gasteiger partial charge in [-0.15, -0.1) is 0 Å². The van der Waals surface area contributed by atoms with Crippen LogP contribution in [0.15, 0.2) is 77.8 Å². The van der Waals surface area contributed by atoms with E-state index in [4.69, 9.17) is 29.4 Å². The molecule has 2 unspecified atom stereocenters. The predicted molar refractivity (Wildman–Crippen MR) is 334 cm³/mol. The number of Topliss-reactive ketones (excluding diaryl/α,β-unsaturated/α-hetero) is 2. The highest BCUT2D eigenvalue weighted by Gasteiger charge is 2.47. The summed E-state index contributed by atoms with van der Waals surface area (Å²) in [5.74, 6) is -1.44. The highest BCUT2D eigenvalue weighted by molar-refractivity contribution is 8.00. The van der Waals surface area contributed by atoms with Crippen LogP contribution in [0.25, 0.3) is 0 Å². The monoisotopic (exact) mass is 1250 g/mol. The quantitative estimate of drug-likeness (QED) is 0.0277. The number of nitrogens with zero attached hydrogens (tertiary/aromatic N) is 5. The second-order valence-electron chi connectivity index (χ2n) is 23.5. The standard InChI is InChI=1S/C65H82N8O15S/c1-38(2)45(28-44(74)15-10-8-11-22-70-58(76)33-57(89-7)63(70)81)59(77)69-48(16-14-21-67-64(66)82)52(75)27-41-17-19-42(20-18-41)37-88-65(83)73-50-32-56(54(85-6)30-47(50)61(79)72-36-40(4)26-51(72)62(73)80)87-24-13-9-12-23-86-55-31-49-46(29-53(55)84-5)60(78)71-35-39(3)25-43(71)34-68-49/h17-20,29-32,34,38,43,45,48,51,57,62,80H,3-4,8-16,21-28,33,35-37H2,1-2,5-7H3,(H,69,77)(H3,66,67,82)/t43-,45?,48-,51-,57?,62-/m0/s1. The first-order chi connectivity index (χ1) is 42.7. The SMILES string of the molecule is C=C1C[C@H]2C=Nc3cc(OCCCCCOc4cc5c(cc4OC)C(=O)N4CC(=C)C[C@H]4[C@H](O)N5C(=O)OCc4ccc(CC(=O)[C@H](CCCNC(N)=O)NC(=O)C(CC(=O)CCCCCN5C(=O)CC(SC)C5=O)C(C)C)cc4)c(OC)cc3C(=O)N2C1. The molecule has 24 heteroatoms. The number of aliphatic hydroxyl groups is 1. The number of carbonyl (C=O) groups is 9. The number of urea groups is 1. The fourth-order valence-corrected chi connectivity index (χ4v) is 12.4. The lowest BCUT2D eigenvalue weighted by Gasteiger charge is -2.31. The molecule has 0 bridgehead atoms. The lowest BCUT2D eigenvalue weighted by atomic mass is 9.88. The van der Waals surface area contributed by atoms with Crippen LogP contribution in [0.1, 0.15) is 129 Å². The van der Waals surface area contributed by atoms with Gasteiger partial charge in [0.15, 0.2) is 35.0 Å². The van der Waals surface area contributed by atoms with Crippen LogP contribution in [0.3, 0.4) is 0 Å². The van der Waals surface area contributed by atoms with Crippen molar-refractivity contribution in [2.75, 3.05) is 64.8 Å². The number of aliphatic imine (C=N–C) groups is 1. The highest BCUT2D eigenvalue weighted by Crippen LogP contribution is 2.43. The van der Waals surface area contributed by atoms with Crippen molar-refractivity contribution in [1.29, 1.82) is 0 Å². The Kier molecular flexibility index (Phi) is 23.1. The van der Waals surface area contributed by atoms with Crippen LogP contribution in [0.4, 0.5) is 21.0 Å². The van der Waals surface area contributed by atoms with Crippen molar-refractivity contribution >= 4 is 82.6 Å². The molecule has 8 amide bonds. The number of hydrogen-bond donors (Lipinski definition) is 4. The maximum Gasteiger partial charge on any atom is 0.416 e. The second-order valence-corrected chi connectivity index (χ2v) is 24.5. The number of thioether (sulfide) groups is 1. The van der Waals surface area contributed by atoms with Crippen LogP contribution in [0.5, 0.6) is 23.0 Å². The van der Waals surface area contributed by atoms with Gasteiger partial charge in [0, 0.05) is 76.1 Å². The molecule has 3 aromatic carbocycles. The van der Waals surface area contributed by atoms with Gasteiger partial charge in [-0.25, -0.2) is 14.5 Å². The zero-order valence-electron chi connectivity index (χ0n) is 51.4. The molecule has 0 aromatic heterocycles. The summed E-state index contributed by atoms with van der Waals surface area (Å²) in [6, 6.07) is 10.4. The molecular weight excluding hydrogens is 1160 g/mol. The molecule has 3 aromatic rings. The lowest BCUT2D eigenvalue weighted by Crippen LogP contribution is -2.50. The van der Waals surface area contributed by atoms with E-state index in [1.807, 2.05) is 13.8 Å². The highest BCUT2D eigenvalue weighted by atomic mass is 32.2. The molecule has 5 N–H and O–H groups in total. The second kappa shape index (κ2) is 30.8. The van der Waals surface area contributed by atoms with Gasteiger partial charge in [-0.05, 0) is 93.2 Å². The molecule has 23 nitrogen and oxygen atoms in total. The average molecular weight is 1250 g/mol. The number of unbranched alkanes of at least 4 members (excludes halogenated alkanes) is 4. The van der Waals surface area contributed by atoms with Crippen LogP contribution in [0, 0.1) is 11.8 Å². The summed E-state index contributed by atoms with van der Waals surface area (Å²) in [5.41, 5.74) is 9.16. The molecule has 478 valence electrons. The topological polar surface area (TPSA) is 295 Å². The lowest BCUT2D eigenvalue weighted by molar-refractivity contribution is -0.138. The van der Waals surface area contributed by atoms with E-state index in [9.17, 15) is 48.3 Å². The molecule has 6 atom stereocenters. The molecule has 3 fully saturated rings. The van der Waals surface area contributed by atoms with Crippen LogP contribution in [-0.4, -0.2) is 169 Å². The van der Waals surface area contributed by atoms with E-state index in [1.54, 1.807) is 53.8 Å². The molecule has 0 aliphatic carbocycles. The minimum atomic E-state index is -1.54. The number of amides is 8. The third-order valence-electron chi connectivity index (χ3n) is 16.7. The summed E-state index contributed by atoms with van der Waals surface area (Å²) >= 11 is 1.36. The van der Waals surface area contributed by atoms with Gasteiger partial charge in [-0.1, -0.05) is 68.8 Å². The van der Waals surface area contributed by atoms with Gasteiger partial charge in [0.1, 0.15) is 12.4 Å². The maximum atomic E-state index is 14.3. The molecule has 8 rings (SSSR count). The average Bonchev–Trinajstić information content (AvgIpc) is 1.77. The van der Waals surface area contributed by atoms with E-state index >= 15 is 0 Å². The fraction of sp³-hybridized carbons (Fsp3) is 0.508. The van der Waals surface area contributed by atoms with Crippen molar-refractivity contribution in [3.8, 4) is 23.0 Å². The summed E-state index contributed by atoms with van der Waals surface area (Å²) in [4.78, 5) is 130. The van der Waals surface area contributed by atoms with Crippen molar-refractivity contribution in [1.82, 2.24) is 25.3 Å². The van der Waals surface area contributed by atoms with E-state index in [0.717, 1.165) is 10.5 Å². The summed E-state index contributed by atoms with van der Waals surface area (Å²) in [6.45, 7) is 13.2. The van der Waals surface area contributed by atoms with Crippen LogP contribution >= 0.6 is 11.8 Å². The van der Waals surface area contributed by atoms with Gasteiger partial charge in [0.2, 0.25) is 17.7 Å². The Balaban J connectivity index is 0.859. The zero-order valence-corrected chi connectivity index (χ0v) is 52.2. The first-order valence-electron chi connectivity index (χ1n) is 30.4. The number of nitrogens with two attached hydrogens (primary N) is 1. The number of nitrogens with one attached hydrogen (secondary N) is 2. The summed E-state index contributed by atoms with van der Waals surface area (Å²) in [7, 11) is 2.95. The number of fused-ring (bicyclic) bond motifs is 4. The van der Waals surface area contributed by atoms with Crippen molar-refractivity contribution in [3.63, 3.8) is 0 Å². The minimum Gasteiger partial charge on any atom is -0.493 e. The van der Waals surface area contributed by atoms with Gasteiger partial charge >= 0.3 is 12.1 Å². The molecule has 5 heterocycles. The number of methoxy groups -OCH3 is 2. The maximum absolute atomic E-state index is 14.3. The first-order valence-corrected chi connectivity index (χ1v) is 31.6. The predicted octanol–water partition coefficient (Wildman–Crippen LogP) is 7.39. The molecule has 0 radical (unpaired) electrons. The van der Waals surface area contributed by atoms with Gasteiger partial charge in [0.25, 0.3) is 11.8 Å². The number of anilines is 1. The van der Waals surface area contributed by atoms with E-state index in [0.29, 0.717) is 111 Å². The third-order valence-corrected chi connectivity index (χ3v) is 17.7. The van der Waals surface area contributed by atoms with Gasteiger partial charge in [0.05, 0.1) is 73.3 Å². The third kappa shape index (κ3) is 16.5. The van der Waals surface area contributed by atoms with Crippen LogP contribution < -0.4 is 40.2 Å². The van der Waals surface area contributed by atoms with Crippen molar-refractivity contribution < 1.29 is 71.9 Å². The number of likely N-dealkylation sites (tertiary alicyclic amines) is 1. The Hall–Kier alpha value is -8.25. The van der Waals surface area contributed by atoms with Gasteiger partial charge in [-0.3, -0.25) is 43.5 Å². The number of primary amides is 1. The van der Waals surface area contributed by atoms with Crippen molar-refractivity contribution in [2.24, 2.45) is 22.6 Å². The van der Waals surface area contributed by atoms with Gasteiger partial charge < -0.3 is 55.0 Å². The van der Waals surface area contributed by atoms with E-state index in [1.165, 1.54) is 47.9 Å². The molecule has 89 heavy (non-hydrogen) atoms. The molecule has 3 saturated heterocycles. The Labute approximate surface area is 523 Å². The molecular formula is C65H82N8O15S. The number of carbonyl (C=O) groups excluding carboxylic acids is 9. The van der Waals surface area contributed by atoms with E-state index < -0.39 is 48.2 Å². The Morgan fingerprint density at radius 2 is 1.43 bits per heavy atom. The fourth-order valence-electron chi connectivity index (χ4n) is 11.8. The molecule has 5 aliphatic rings.